The van der Waals surface area contributed by atoms with Crippen molar-refractivity contribution in [3.8, 4) is 0 Å². The topological polar surface area (TPSA) is 75.5 Å². The van der Waals surface area contributed by atoms with Gasteiger partial charge in [-0.1, -0.05) is 24.6 Å². The second kappa shape index (κ2) is 7.17. The van der Waals surface area contributed by atoms with Crippen molar-refractivity contribution >= 4 is 40.4 Å². The molecule has 0 bridgehead atoms. The van der Waals surface area contributed by atoms with E-state index in [9.17, 15) is 9.59 Å². The van der Waals surface area contributed by atoms with Gasteiger partial charge in [-0.3, -0.25) is 14.0 Å². The second-order valence-electron chi connectivity index (χ2n) is 5.98. The largest absolute Gasteiger partial charge is 0.326 e. The summed E-state index contributed by atoms with van der Waals surface area (Å²) in [6, 6.07) is 8.88. The van der Waals surface area contributed by atoms with E-state index in [2.05, 4.69) is 15.6 Å². The number of carbonyl (C=O) groups is 2. The third-order valence-electron chi connectivity index (χ3n) is 4.04. The van der Waals surface area contributed by atoms with Gasteiger partial charge in [0.25, 0.3) is 5.91 Å². The van der Waals surface area contributed by atoms with E-state index in [1.807, 2.05) is 19.1 Å². The van der Waals surface area contributed by atoms with Crippen LogP contribution in [0.15, 0.2) is 36.5 Å². The summed E-state index contributed by atoms with van der Waals surface area (Å²) in [4.78, 5) is 28.6. The fraction of sp³-hybridized carbons (Fsp3) is 0.211. The summed E-state index contributed by atoms with van der Waals surface area (Å²) in [5.41, 5.74) is 3.94. The van der Waals surface area contributed by atoms with Crippen molar-refractivity contribution < 1.29 is 9.59 Å². The molecule has 0 aliphatic rings. The summed E-state index contributed by atoms with van der Waals surface area (Å²) in [6.07, 6.45) is 2.47. The minimum Gasteiger partial charge on any atom is -0.326 e. The van der Waals surface area contributed by atoms with E-state index in [0.29, 0.717) is 33.4 Å². The van der Waals surface area contributed by atoms with E-state index in [1.165, 1.54) is 6.92 Å². The molecule has 0 saturated heterocycles. The van der Waals surface area contributed by atoms with Gasteiger partial charge >= 0.3 is 0 Å². The number of anilines is 2. The number of halogens is 1. The summed E-state index contributed by atoms with van der Waals surface area (Å²) in [7, 11) is 0. The van der Waals surface area contributed by atoms with Gasteiger partial charge in [-0.15, -0.1) is 0 Å². The fourth-order valence-electron chi connectivity index (χ4n) is 2.87. The Balaban J connectivity index is 1.97. The highest BCUT2D eigenvalue weighted by Crippen LogP contribution is 2.24. The van der Waals surface area contributed by atoms with Crippen LogP contribution in [-0.4, -0.2) is 21.2 Å². The minimum atomic E-state index is -0.271. The first-order valence-corrected chi connectivity index (χ1v) is 8.63. The van der Waals surface area contributed by atoms with Gasteiger partial charge in [-0.2, -0.15) is 0 Å². The van der Waals surface area contributed by atoms with E-state index < -0.39 is 0 Å². The Morgan fingerprint density at radius 2 is 1.96 bits per heavy atom. The molecule has 134 valence electrons. The first-order valence-electron chi connectivity index (χ1n) is 8.25. The van der Waals surface area contributed by atoms with Crippen molar-refractivity contribution in [3.05, 3.63) is 58.5 Å². The molecule has 0 aliphatic carbocycles. The lowest BCUT2D eigenvalue weighted by Gasteiger charge is -2.13. The van der Waals surface area contributed by atoms with Gasteiger partial charge in [0.05, 0.1) is 5.69 Å². The van der Waals surface area contributed by atoms with E-state index in [4.69, 9.17) is 11.6 Å². The maximum atomic E-state index is 12.9. The molecule has 0 radical (unpaired) electrons. The van der Waals surface area contributed by atoms with Crippen molar-refractivity contribution in [2.75, 3.05) is 10.6 Å². The van der Waals surface area contributed by atoms with Crippen LogP contribution >= 0.6 is 11.6 Å². The molecular weight excluding hydrogens is 352 g/mol. The number of hydrogen-bond donors (Lipinski definition) is 2. The van der Waals surface area contributed by atoms with E-state index in [-0.39, 0.29) is 11.8 Å². The molecule has 2 N–H and O–H groups in total. The van der Waals surface area contributed by atoms with Gasteiger partial charge in [0.2, 0.25) is 5.91 Å². The Bertz CT molecular complexity index is 1010. The third-order valence-corrected chi connectivity index (χ3v) is 4.27. The molecule has 0 fully saturated rings. The Hall–Kier alpha value is -2.86. The molecule has 26 heavy (non-hydrogen) atoms. The Morgan fingerprint density at radius 3 is 2.65 bits per heavy atom. The normalized spacial score (nSPS) is 10.8. The number of imidazole rings is 1. The van der Waals surface area contributed by atoms with Crippen molar-refractivity contribution in [1.82, 2.24) is 9.38 Å². The van der Waals surface area contributed by atoms with E-state index in [1.54, 1.807) is 35.7 Å². The predicted molar refractivity (Wildman–Crippen MR) is 103 cm³/mol. The molecule has 0 saturated carbocycles. The van der Waals surface area contributed by atoms with Gasteiger partial charge < -0.3 is 10.6 Å². The van der Waals surface area contributed by atoms with Crippen LogP contribution in [0.1, 0.15) is 35.6 Å². The van der Waals surface area contributed by atoms with Crippen molar-refractivity contribution in [2.45, 2.75) is 27.2 Å². The molecule has 2 amide bonds. The zero-order chi connectivity index (χ0) is 18.8. The van der Waals surface area contributed by atoms with Crippen LogP contribution in [0.5, 0.6) is 0 Å². The number of carbonyl (C=O) groups excluding carboxylic acids is 2. The summed E-state index contributed by atoms with van der Waals surface area (Å²) in [5.74, 6) is -0.437. The first-order chi connectivity index (χ1) is 12.4. The number of nitrogens with one attached hydrogen (secondary N) is 2. The van der Waals surface area contributed by atoms with Crippen LogP contribution in [0, 0.1) is 6.92 Å². The highest BCUT2D eigenvalue weighted by Gasteiger charge is 2.18. The quantitative estimate of drug-likeness (QED) is 0.726. The zero-order valence-corrected chi connectivity index (χ0v) is 15.5. The van der Waals surface area contributed by atoms with Gasteiger partial charge in [0.1, 0.15) is 11.3 Å². The summed E-state index contributed by atoms with van der Waals surface area (Å²) in [5, 5.41) is 6.23. The highest BCUT2D eigenvalue weighted by molar-refractivity contribution is 6.30. The molecule has 2 heterocycles. The Kier molecular flexibility index (Phi) is 4.95. The van der Waals surface area contributed by atoms with Gasteiger partial charge in [0, 0.05) is 35.6 Å². The number of amides is 2. The van der Waals surface area contributed by atoms with E-state index >= 15 is 0 Å². The van der Waals surface area contributed by atoms with Crippen LogP contribution in [0.3, 0.4) is 0 Å². The molecule has 0 unspecified atom stereocenters. The molecule has 0 spiro atoms. The summed E-state index contributed by atoms with van der Waals surface area (Å²) in [6.45, 7) is 5.23. The molecule has 0 aliphatic heterocycles. The number of fused-ring (bicyclic) bond motifs is 1. The number of aromatic nitrogens is 2. The minimum absolute atomic E-state index is 0.166. The number of pyridine rings is 1. The number of benzene rings is 1. The Labute approximate surface area is 156 Å². The first kappa shape index (κ1) is 17.9. The maximum Gasteiger partial charge on any atom is 0.274 e. The van der Waals surface area contributed by atoms with Gasteiger partial charge in [-0.25, -0.2) is 4.98 Å². The van der Waals surface area contributed by atoms with Crippen LogP contribution in [-0.2, 0) is 11.2 Å². The van der Waals surface area contributed by atoms with Crippen molar-refractivity contribution in [1.29, 1.82) is 0 Å². The molecule has 3 aromatic rings. The fourth-order valence-corrected chi connectivity index (χ4v) is 3.03. The SMILES string of the molecule is CCc1ccc(NC(C)=O)cc1NC(=O)c1c(C)nc2cc(Cl)ccn12. The smallest absolute Gasteiger partial charge is 0.274 e. The third kappa shape index (κ3) is 3.55. The lowest BCUT2D eigenvalue weighted by Crippen LogP contribution is -2.17. The van der Waals surface area contributed by atoms with Crippen LogP contribution < -0.4 is 10.6 Å². The molecule has 3 rings (SSSR count). The molecule has 1 aromatic carbocycles. The molecule has 7 heteroatoms. The van der Waals surface area contributed by atoms with Gasteiger partial charge in [-0.05, 0) is 37.1 Å². The lowest BCUT2D eigenvalue weighted by atomic mass is 10.1. The molecule has 2 aromatic heterocycles. The number of hydrogen-bond acceptors (Lipinski definition) is 3. The monoisotopic (exact) mass is 370 g/mol. The van der Waals surface area contributed by atoms with E-state index in [0.717, 1.165) is 12.0 Å². The molecule has 6 nitrogen and oxygen atoms in total. The van der Waals surface area contributed by atoms with Crippen LogP contribution in [0.2, 0.25) is 5.02 Å². The van der Waals surface area contributed by atoms with Crippen LogP contribution in [0.4, 0.5) is 11.4 Å². The van der Waals surface area contributed by atoms with Gasteiger partial charge in [0.15, 0.2) is 0 Å². The Morgan fingerprint density at radius 1 is 1.19 bits per heavy atom. The average molecular weight is 371 g/mol. The average Bonchev–Trinajstić information content (AvgIpc) is 2.89. The van der Waals surface area contributed by atoms with Crippen molar-refractivity contribution in [3.63, 3.8) is 0 Å². The molecule has 0 atom stereocenters. The number of rotatable bonds is 4. The zero-order valence-electron chi connectivity index (χ0n) is 14.8. The summed E-state index contributed by atoms with van der Waals surface area (Å²) < 4.78 is 1.71. The number of nitrogens with zero attached hydrogens (tertiary/aromatic N) is 2. The lowest BCUT2D eigenvalue weighted by molar-refractivity contribution is -0.114. The van der Waals surface area contributed by atoms with Crippen molar-refractivity contribution in [2.24, 2.45) is 0 Å². The summed E-state index contributed by atoms with van der Waals surface area (Å²) >= 11 is 6.00. The standard InChI is InChI=1S/C19H19ClN4O2/c1-4-13-5-6-15(22-12(3)25)10-16(13)23-19(26)18-11(2)21-17-9-14(20)7-8-24(17)18/h5-10H,4H2,1-3H3,(H,22,25)(H,23,26). The maximum absolute atomic E-state index is 12.9. The number of aryl methyl sites for hydroxylation is 2. The molecular formula is C19H19ClN4O2. The highest BCUT2D eigenvalue weighted by atomic mass is 35.5. The van der Waals surface area contributed by atoms with Crippen LogP contribution in [0.25, 0.3) is 5.65 Å². The predicted octanol–water partition coefficient (Wildman–Crippen LogP) is 4.07. The second-order valence-corrected chi connectivity index (χ2v) is 6.42.